The summed E-state index contributed by atoms with van der Waals surface area (Å²) in [7, 11) is 0. The second-order valence-electron chi connectivity index (χ2n) is 8.48. The minimum Gasteiger partial charge on any atom is -0.324 e. The maximum Gasteiger partial charge on any atom is 0.0786 e. The van der Waals surface area contributed by atoms with E-state index in [1.165, 1.54) is 133 Å². The number of unbranched alkanes of at least 4 members (excludes halogenated alkanes) is 12. The molecule has 25 heavy (non-hydrogen) atoms. The third-order valence-electron chi connectivity index (χ3n) is 5.94. The Morgan fingerprint density at radius 2 is 0.600 bits per heavy atom. The molecule has 0 aromatic carbocycles. The van der Waals surface area contributed by atoms with Gasteiger partial charge in [-0.25, -0.2) is 0 Å². The molecule has 1 heteroatoms. The quantitative estimate of drug-likeness (QED) is 0.153. The van der Waals surface area contributed by atoms with Crippen molar-refractivity contribution in [2.75, 3.05) is 26.2 Å². The molecule has 0 unspecified atom stereocenters. The van der Waals surface area contributed by atoms with Crippen LogP contribution in [0.2, 0.25) is 0 Å². The van der Waals surface area contributed by atoms with Crippen molar-refractivity contribution in [3.8, 4) is 0 Å². The fourth-order valence-corrected chi connectivity index (χ4v) is 4.09. The average Bonchev–Trinajstić information content (AvgIpc) is 2.64. The summed E-state index contributed by atoms with van der Waals surface area (Å²) >= 11 is 0. The SMILES string of the molecule is CCCCCCCCCCCC[N+](CCCC)(CCCC)CCCC. The Morgan fingerprint density at radius 1 is 0.320 bits per heavy atom. The molecular weight excluding hydrogens is 302 g/mol. The van der Waals surface area contributed by atoms with Gasteiger partial charge in [0.05, 0.1) is 26.2 Å². The van der Waals surface area contributed by atoms with Gasteiger partial charge in [-0.05, 0) is 32.1 Å². The molecule has 0 heterocycles. The van der Waals surface area contributed by atoms with E-state index in [-0.39, 0.29) is 0 Å². The number of hydrogen-bond donors (Lipinski definition) is 0. The van der Waals surface area contributed by atoms with Crippen molar-refractivity contribution in [3.63, 3.8) is 0 Å². The summed E-state index contributed by atoms with van der Waals surface area (Å²) in [6.45, 7) is 15.1. The monoisotopic (exact) mass is 354 g/mol. The zero-order chi connectivity index (χ0) is 18.6. The van der Waals surface area contributed by atoms with Crippen LogP contribution < -0.4 is 0 Å². The Labute approximate surface area is 161 Å². The van der Waals surface area contributed by atoms with Crippen LogP contribution in [0.5, 0.6) is 0 Å². The first-order valence-corrected chi connectivity index (χ1v) is 12.1. The van der Waals surface area contributed by atoms with Gasteiger partial charge in [0.25, 0.3) is 0 Å². The van der Waals surface area contributed by atoms with E-state index in [0.717, 1.165) is 0 Å². The van der Waals surface area contributed by atoms with Crippen LogP contribution in [0.3, 0.4) is 0 Å². The van der Waals surface area contributed by atoms with Gasteiger partial charge in [-0.3, -0.25) is 0 Å². The number of hydrogen-bond acceptors (Lipinski definition) is 0. The zero-order valence-corrected chi connectivity index (χ0v) is 18.6. The molecule has 0 N–H and O–H groups in total. The van der Waals surface area contributed by atoms with Gasteiger partial charge in [0.2, 0.25) is 0 Å². The largest absolute Gasteiger partial charge is 0.324 e. The summed E-state index contributed by atoms with van der Waals surface area (Å²) in [5.41, 5.74) is 0. The zero-order valence-electron chi connectivity index (χ0n) is 18.6. The highest BCUT2D eigenvalue weighted by Crippen LogP contribution is 2.18. The van der Waals surface area contributed by atoms with Gasteiger partial charge in [-0.1, -0.05) is 98.3 Å². The second-order valence-corrected chi connectivity index (χ2v) is 8.48. The van der Waals surface area contributed by atoms with Crippen LogP contribution in [-0.2, 0) is 0 Å². The first-order chi connectivity index (χ1) is 12.2. The highest BCUT2D eigenvalue weighted by molar-refractivity contribution is 4.52. The molecule has 152 valence electrons. The molecule has 0 aromatic rings. The molecule has 0 aromatic heterocycles. The molecule has 0 bridgehead atoms. The van der Waals surface area contributed by atoms with Crippen molar-refractivity contribution in [1.82, 2.24) is 0 Å². The van der Waals surface area contributed by atoms with Gasteiger partial charge >= 0.3 is 0 Å². The summed E-state index contributed by atoms with van der Waals surface area (Å²) < 4.78 is 1.44. The lowest BCUT2D eigenvalue weighted by Crippen LogP contribution is -2.50. The van der Waals surface area contributed by atoms with Crippen molar-refractivity contribution in [3.05, 3.63) is 0 Å². The van der Waals surface area contributed by atoms with E-state index in [0.29, 0.717) is 0 Å². The van der Waals surface area contributed by atoms with E-state index >= 15 is 0 Å². The van der Waals surface area contributed by atoms with Crippen LogP contribution in [-0.4, -0.2) is 30.7 Å². The Kier molecular flexibility index (Phi) is 18.7. The van der Waals surface area contributed by atoms with Gasteiger partial charge in [0.1, 0.15) is 0 Å². The number of rotatable bonds is 20. The van der Waals surface area contributed by atoms with Gasteiger partial charge < -0.3 is 4.48 Å². The molecule has 0 atom stereocenters. The van der Waals surface area contributed by atoms with E-state index in [1.807, 2.05) is 0 Å². The maximum absolute atomic E-state index is 2.36. The second kappa shape index (κ2) is 18.7. The molecule has 0 radical (unpaired) electrons. The van der Waals surface area contributed by atoms with Crippen LogP contribution in [0.1, 0.15) is 130 Å². The van der Waals surface area contributed by atoms with Crippen molar-refractivity contribution in [2.45, 2.75) is 130 Å². The summed E-state index contributed by atoms with van der Waals surface area (Å²) in [4.78, 5) is 0. The van der Waals surface area contributed by atoms with Gasteiger partial charge in [-0.2, -0.15) is 0 Å². The Morgan fingerprint density at radius 3 is 0.960 bits per heavy atom. The Bertz CT molecular complexity index is 227. The predicted molar refractivity (Wildman–Crippen MR) is 116 cm³/mol. The van der Waals surface area contributed by atoms with Crippen LogP contribution in [0.4, 0.5) is 0 Å². The molecule has 0 fully saturated rings. The van der Waals surface area contributed by atoms with Crippen LogP contribution in [0.25, 0.3) is 0 Å². The lowest BCUT2D eigenvalue weighted by Gasteiger charge is -2.39. The van der Waals surface area contributed by atoms with Gasteiger partial charge in [0, 0.05) is 0 Å². The maximum atomic E-state index is 2.36. The molecule has 1 nitrogen and oxygen atoms in total. The fraction of sp³-hybridized carbons (Fsp3) is 1.00. The first-order valence-electron chi connectivity index (χ1n) is 12.1. The molecule has 0 aliphatic heterocycles. The van der Waals surface area contributed by atoms with Crippen molar-refractivity contribution >= 4 is 0 Å². The Balaban J connectivity index is 4.01. The van der Waals surface area contributed by atoms with Gasteiger partial charge in [0.15, 0.2) is 0 Å². The summed E-state index contributed by atoms with van der Waals surface area (Å²) in [5.74, 6) is 0. The molecule has 0 spiro atoms. The summed E-state index contributed by atoms with van der Waals surface area (Å²) in [5, 5.41) is 0. The van der Waals surface area contributed by atoms with Crippen LogP contribution >= 0.6 is 0 Å². The normalized spacial score (nSPS) is 12.0. The van der Waals surface area contributed by atoms with Crippen LogP contribution in [0, 0.1) is 0 Å². The lowest BCUT2D eigenvalue weighted by molar-refractivity contribution is -0.929. The van der Waals surface area contributed by atoms with Crippen LogP contribution in [0.15, 0.2) is 0 Å². The highest BCUT2D eigenvalue weighted by Gasteiger charge is 2.24. The molecule has 0 saturated carbocycles. The molecule has 0 aliphatic rings. The molecule has 0 saturated heterocycles. The lowest BCUT2D eigenvalue weighted by atomic mass is 10.1. The average molecular weight is 355 g/mol. The number of nitrogens with zero attached hydrogens (tertiary/aromatic N) is 1. The third-order valence-corrected chi connectivity index (χ3v) is 5.94. The van der Waals surface area contributed by atoms with Crippen molar-refractivity contribution in [2.24, 2.45) is 0 Å². The molecule has 0 aliphatic carbocycles. The molecular formula is C24H52N+. The van der Waals surface area contributed by atoms with Crippen molar-refractivity contribution < 1.29 is 4.48 Å². The summed E-state index contributed by atoms with van der Waals surface area (Å²) in [6.07, 6.45) is 22.9. The minimum atomic E-state index is 1.36. The first kappa shape index (κ1) is 25.0. The predicted octanol–water partition coefficient (Wildman–Crippen LogP) is 8.12. The molecule has 0 rings (SSSR count). The van der Waals surface area contributed by atoms with E-state index in [1.54, 1.807) is 0 Å². The third kappa shape index (κ3) is 14.8. The number of quaternary nitrogens is 1. The standard InChI is InChI=1S/C24H52N/c1-5-9-13-14-15-16-17-18-19-20-24-25(21-10-6-2,22-11-7-3)23-12-8-4/h5-24H2,1-4H3/q+1. The van der Waals surface area contributed by atoms with E-state index in [2.05, 4.69) is 27.7 Å². The minimum absolute atomic E-state index is 1.36. The smallest absolute Gasteiger partial charge is 0.0786 e. The topological polar surface area (TPSA) is 0 Å². The van der Waals surface area contributed by atoms with E-state index < -0.39 is 0 Å². The van der Waals surface area contributed by atoms with E-state index in [9.17, 15) is 0 Å². The summed E-state index contributed by atoms with van der Waals surface area (Å²) in [6, 6.07) is 0. The van der Waals surface area contributed by atoms with Crippen molar-refractivity contribution in [1.29, 1.82) is 0 Å². The van der Waals surface area contributed by atoms with Gasteiger partial charge in [-0.15, -0.1) is 0 Å². The van der Waals surface area contributed by atoms with E-state index in [4.69, 9.17) is 0 Å². The highest BCUT2D eigenvalue weighted by atomic mass is 15.3. The Hall–Kier alpha value is -0.0400. The molecule has 0 amide bonds. The fourth-order valence-electron chi connectivity index (χ4n) is 4.09.